The molecule has 3 unspecified atom stereocenters. The second-order valence-electron chi connectivity index (χ2n) is 5.58. The average Bonchev–Trinajstić information content (AvgIpc) is 2.32. The van der Waals surface area contributed by atoms with Crippen molar-refractivity contribution in [2.75, 3.05) is 0 Å². The van der Waals surface area contributed by atoms with Gasteiger partial charge in [0.2, 0.25) is 0 Å². The number of hydrogen-bond donors (Lipinski definition) is 2. The van der Waals surface area contributed by atoms with Gasteiger partial charge in [0.25, 0.3) is 0 Å². The number of alkyl halides is 3. The first-order valence-corrected chi connectivity index (χ1v) is 6.68. The van der Waals surface area contributed by atoms with E-state index in [-0.39, 0.29) is 16.3 Å². The smallest absolute Gasteiger partial charge is 0.417 e. The molecule has 0 aliphatic heterocycles. The number of fused-ring (bicyclic) bond motifs is 1. The summed E-state index contributed by atoms with van der Waals surface area (Å²) >= 11 is 5.92. The maximum absolute atomic E-state index is 13.2. The molecular weight excluding hydrogens is 293 g/mol. The summed E-state index contributed by atoms with van der Waals surface area (Å²) in [7, 11) is 0. The Balaban J connectivity index is 2.66. The third-order valence-corrected chi connectivity index (χ3v) is 4.92. The fourth-order valence-corrected chi connectivity index (χ4v) is 3.16. The number of halogens is 4. The molecule has 0 saturated heterocycles. The fourth-order valence-electron chi connectivity index (χ4n) is 2.93. The minimum Gasteiger partial charge on any atom is -0.507 e. The SMILES string of the molecule is Cc1c(Cl)cc2c(c1O)C(C)C(C)C(O)(C(F)(F)F)C2. The van der Waals surface area contributed by atoms with Crippen LogP contribution in [0.1, 0.15) is 36.5 Å². The molecule has 20 heavy (non-hydrogen) atoms. The second-order valence-corrected chi connectivity index (χ2v) is 5.99. The van der Waals surface area contributed by atoms with Crippen LogP contribution in [0.4, 0.5) is 13.2 Å². The highest BCUT2D eigenvalue weighted by atomic mass is 35.5. The van der Waals surface area contributed by atoms with E-state index in [2.05, 4.69) is 0 Å². The van der Waals surface area contributed by atoms with Crippen molar-refractivity contribution in [2.45, 2.75) is 44.9 Å². The van der Waals surface area contributed by atoms with Gasteiger partial charge in [-0.25, -0.2) is 0 Å². The second kappa shape index (κ2) is 4.53. The Kier molecular flexibility index (Phi) is 3.50. The molecule has 1 aliphatic carbocycles. The third-order valence-electron chi connectivity index (χ3n) is 4.52. The fraction of sp³-hybridized carbons (Fsp3) is 0.571. The molecule has 0 aromatic heterocycles. The number of aliphatic hydroxyl groups is 1. The first kappa shape index (κ1) is 15.4. The number of rotatable bonds is 0. The molecule has 0 amide bonds. The van der Waals surface area contributed by atoms with Crippen LogP contribution in [-0.2, 0) is 6.42 Å². The highest BCUT2D eigenvalue weighted by Gasteiger charge is 2.60. The predicted octanol–water partition coefficient (Wildman–Crippen LogP) is 3.94. The van der Waals surface area contributed by atoms with E-state index in [1.54, 1.807) is 13.8 Å². The van der Waals surface area contributed by atoms with Gasteiger partial charge in [-0.3, -0.25) is 0 Å². The van der Waals surface area contributed by atoms with Gasteiger partial charge in [-0.1, -0.05) is 25.4 Å². The number of aromatic hydroxyl groups is 1. The van der Waals surface area contributed by atoms with Crippen LogP contribution in [0, 0.1) is 12.8 Å². The van der Waals surface area contributed by atoms with Gasteiger partial charge in [0.15, 0.2) is 5.60 Å². The molecule has 3 atom stereocenters. The molecule has 0 radical (unpaired) electrons. The van der Waals surface area contributed by atoms with E-state index in [0.29, 0.717) is 11.1 Å². The van der Waals surface area contributed by atoms with E-state index < -0.39 is 30.0 Å². The van der Waals surface area contributed by atoms with Crippen molar-refractivity contribution in [2.24, 2.45) is 5.92 Å². The van der Waals surface area contributed by atoms with Gasteiger partial charge in [0.1, 0.15) is 5.75 Å². The molecule has 2 N–H and O–H groups in total. The Hall–Kier alpha value is -0.940. The molecule has 2 rings (SSSR count). The first-order chi connectivity index (χ1) is 9.00. The molecule has 0 fully saturated rings. The van der Waals surface area contributed by atoms with Gasteiger partial charge in [0.05, 0.1) is 0 Å². The summed E-state index contributed by atoms with van der Waals surface area (Å²) in [6.45, 7) is 4.54. The molecule has 1 aromatic rings. The lowest BCUT2D eigenvalue weighted by Gasteiger charge is -2.44. The topological polar surface area (TPSA) is 40.5 Å². The zero-order chi connectivity index (χ0) is 15.5. The summed E-state index contributed by atoms with van der Waals surface area (Å²) in [5, 5.41) is 20.4. The normalized spacial score (nSPS) is 30.2. The van der Waals surface area contributed by atoms with Gasteiger partial charge in [-0.05, 0) is 24.5 Å². The Labute approximate surface area is 120 Å². The number of phenols is 1. The summed E-state index contributed by atoms with van der Waals surface area (Å²) in [6, 6.07) is 1.41. The van der Waals surface area contributed by atoms with E-state index in [9.17, 15) is 23.4 Å². The molecule has 1 aromatic carbocycles. The average molecular weight is 309 g/mol. The van der Waals surface area contributed by atoms with E-state index in [0.717, 1.165) is 0 Å². The predicted molar refractivity (Wildman–Crippen MR) is 70.1 cm³/mol. The zero-order valence-electron chi connectivity index (χ0n) is 11.3. The van der Waals surface area contributed by atoms with Crippen molar-refractivity contribution in [1.82, 2.24) is 0 Å². The Morgan fingerprint density at radius 1 is 1.35 bits per heavy atom. The Morgan fingerprint density at radius 2 is 1.90 bits per heavy atom. The van der Waals surface area contributed by atoms with Crippen molar-refractivity contribution in [1.29, 1.82) is 0 Å². The van der Waals surface area contributed by atoms with Crippen molar-refractivity contribution in [3.05, 3.63) is 27.8 Å². The highest BCUT2D eigenvalue weighted by Crippen LogP contribution is 2.52. The first-order valence-electron chi connectivity index (χ1n) is 6.30. The van der Waals surface area contributed by atoms with E-state index in [1.165, 1.54) is 13.0 Å². The van der Waals surface area contributed by atoms with Crippen LogP contribution in [0.2, 0.25) is 5.02 Å². The molecule has 0 saturated carbocycles. The number of phenolic OH excluding ortho intramolecular Hbond substituents is 1. The third kappa shape index (κ3) is 1.99. The van der Waals surface area contributed by atoms with E-state index in [4.69, 9.17) is 11.6 Å². The van der Waals surface area contributed by atoms with Gasteiger partial charge >= 0.3 is 6.18 Å². The molecule has 0 bridgehead atoms. The maximum Gasteiger partial charge on any atom is 0.417 e. The minimum atomic E-state index is -4.73. The number of benzene rings is 1. The Morgan fingerprint density at radius 3 is 2.40 bits per heavy atom. The van der Waals surface area contributed by atoms with E-state index in [1.807, 2.05) is 0 Å². The maximum atomic E-state index is 13.2. The standard InChI is InChI=1S/C14H16ClF3O2/c1-6-8(3)13(20,14(16,17)18)5-9-4-10(15)7(2)12(19)11(6)9/h4,6,8,19-20H,5H2,1-3H3. The Bertz CT molecular complexity index is 556. The van der Waals surface area contributed by atoms with Crippen LogP contribution in [0.5, 0.6) is 5.75 Å². The molecule has 1 aliphatic rings. The van der Waals surface area contributed by atoms with Crippen LogP contribution < -0.4 is 0 Å². The van der Waals surface area contributed by atoms with Crippen LogP contribution in [0.15, 0.2) is 6.07 Å². The quantitative estimate of drug-likeness (QED) is 0.762. The molecule has 2 nitrogen and oxygen atoms in total. The van der Waals surface area contributed by atoms with Gasteiger partial charge in [0, 0.05) is 28.5 Å². The van der Waals surface area contributed by atoms with Crippen LogP contribution in [0.25, 0.3) is 0 Å². The van der Waals surface area contributed by atoms with Crippen LogP contribution in [-0.4, -0.2) is 22.0 Å². The summed E-state index contributed by atoms with van der Waals surface area (Å²) in [6.07, 6.45) is -5.32. The minimum absolute atomic E-state index is 0.0731. The molecule has 6 heteroatoms. The van der Waals surface area contributed by atoms with E-state index >= 15 is 0 Å². The van der Waals surface area contributed by atoms with Crippen molar-refractivity contribution in [3.8, 4) is 5.75 Å². The monoisotopic (exact) mass is 308 g/mol. The molecule has 112 valence electrons. The highest BCUT2D eigenvalue weighted by molar-refractivity contribution is 6.31. The van der Waals surface area contributed by atoms with Crippen LogP contribution >= 0.6 is 11.6 Å². The summed E-state index contributed by atoms with van der Waals surface area (Å²) in [5.74, 6) is -1.75. The molecule has 0 heterocycles. The lowest BCUT2D eigenvalue weighted by Crippen LogP contribution is -2.55. The summed E-state index contributed by atoms with van der Waals surface area (Å²) in [5.41, 5.74) is -1.65. The number of hydrogen-bond acceptors (Lipinski definition) is 2. The lowest BCUT2D eigenvalue weighted by molar-refractivity contribution is -0.281. The molecular formula is C14H16ClF3O2. The van der Waals surface area contributed by atoms with Crippen molar-refractivity contribution >= 4 is 11.6 Å². The largest absolute Gasteiger partial charge is 0.507 e. The summed E-state index contributed by atoms with van der Waals surface area (Å²) in [4.78, 5) is 0. The van der Waals surface area contributed by atoms with Gasteiger partial charge in [-0.15, -0.1) is 0 Å². The van der Waals surface area contributed by atoms with Gasteiger partial charge in [-0.2, -0.15) is 13.2 Å². The zero-order valence-corrected chi connectivity index (χ0v) is 12.1. The lowest BCUT2D eigenvalue weighted by atomic mass is 9.67. The molecule has 0 spiro atoms. The van der Waals surface area contributed by atoms with Gasteiger partial charge < -0.3 is 10.2 Å². The van der Waals surface area contributed by atoms with Crippen molar-refractivity contribution in [3.63, 3.8) is 0 Å². The van der Waals surface area contributed by atoms with Crippen LogP contribution in [0.3, 0.4) is 0 Å². The van der Waals surface area contributed by atoms with Crippen molar-refractivity contribution < 1.29 is 23.4 Å². The summed E-state index contributed by atoms with van der Waals surface area (Å²) < 4.78 is 39.5.